The number of para-hydroxylation sites is 1. The molecule has 1 fully saturated rings. The lowest BCUT2D eigenvalue weighted by atomic mass is 9.82. The number of H-pyrrole nitrogens is 1. The van der Waals surface area contributed by atoms with Crippen LogP contribution < -0.4 is 16.6 Å². The highest BCUT2D eigenvalue weighted by atomic mass is 16.1. The largest absolute Gasteiger partial charge is 0.352 e. The van der Waals surface area contributed by atoms with Crippen LogP contribution in [0.3, 0.4) is 0 Å². The number of pyridine rings is 2. The third-order valence-corrected chi connectivity index (χ3v) is 6.20. The summed E-state index contributed by atoms with van der Waals surface area (Å²) in [5.74, 6) is 1.05. The molecule has 1 saturated carbocycles. The summed E-state index contributed by atoms with van der Waals surface area (Å²) in [6.07, 6.45) is 4.51. The number of aryl methyl sites for hydroxylation is 1. The van der Waals surface area contributed by atoms with Crippen molar-refractivity contribution in [1.29, 1.82) is 0 Å². The van der Waals surface area contributed by atoms with Gasteiger partial charge in [0, 0.05) is 29.3 Å². The van der Waals surface area contributed by atoms with Crippen LogP contribution in [0.4, 0.5) is 0 Å². The number of hydrogen-bond donors (Lipinski definition) is 3. The first kappa shape index (κ1) is 20.3. The van der Waals surface area contributed by atoms with E-state index in [1.54, 1.807) is 6.07 Å². The first-order valence-corrected chi connectivity index (χ1v) is 10.6. The lowest BCUT2D eigenvalue weighted by Crippen LogP contribution is -2.32. The molecule has 30 heavy (non-hydrogen) atoms. The standard InChI is InChI=1S/C24H28N4O2/c1-15-18(10-11-23(29)27-15)22-12-20(19-4-2-3-5-21(19)28-22)24(30)26-14-17-8-6-16(13-25)7-9-17/h2-5,10-12,16-17H,6-9,13-14,25H2,1H3,(H,26,30)(H,27,29). The van der Waals surface area contributed by atoms with Crippen molar-refractivity contribution < 1.29 is 4.79 Å². The van der Waals surface area contributed by atoms with Gasteiger partial charge in [-0.1, -0.05) is 18.2 Å². The molecule has 6 nitrogen and oxygen atoms in total. The highest BCUT2D eigenvalue weighted by Gasteiger charge is 2.21. The second-order valence-electron chi connectivity index (χ2n) is 8.27. The van der Waals surface area contributed by atoms with Gasteiger partial charge in [-0.05, 0) is 69.2 Å². The number of carbonyl (C=O) groups excluding carboxylic acids is 1. The molecule has 2 aromatic heterocycles. The van der Waals surface area contributed by atoms with E-state index in [4.69, 9.17) is 10.7 Å². The van der Waals surface area contributed by atoms with E-state index in [1.807, 2.05) is 37.3 Å². The molecule has 0 atom stereocenters. The van der Waals surface area contributed by atoms with Gasteiger partial charge in [0.2, 0.25) is 5.56 Å². The first-order valence-electron chi connectivity index (χ1n) is 10.6. The van der Waals surface area contributed by atoms with Crippen molar-refractivity contribution in [2.24, 2.45) is 17.6 Å². The zero-order valence-electron chi connectivity index (χ0n) is 17.3. The lowest BCUT2D eigenvalue weighted by Gasteiger charge is -2.27. The summed E-state index contributed by atoms with van der Waals surface area (Å²) in [7, 11) is 0. The molecule has 1 aromatic carbocycles. The quantitative estimate of drug-likeness (QED) is 0.607. The van der Waals surface area contributed by atoms with Gasteiger partial charge in [-0.15, -0.1) is 0 Å². The van der Waals surface area contributed by atoms with Crippen LogP contribution in [-0.4, -0.2) is 29.0 Å². The average Bonchev–Trinajstić information content (AvgIpc) is 2.77. The minimum atomic E-state index is -0.153. The summed E-state index contributed by atoms with van der Waals surface area (Å²) in [6, 6.07) is 12.7. The molecule has 0 bridgehead atoms. The topological polar surface area (TPSA) is 101 Å². The van der Waals surface area contributed by atoms with Gasteiger partial charge < -0.3 is 16.0 Å². The number of fused-ring (bicyclic) bond motifs is 1. The Bertz CT molecular complexity index is 1110. The summed E-state index contributed by atoms with van der Waals surface area (Å²) in [5.41, 5.74) is 9.22. The molecule has 6 heteroatoms. The molecule has 3 aromatic rings. The Kier molecular flexibility index (Phi) is 5.95. The molecule has 4 rings (SSSR count). The van der Waals surface area contributed by atoms with Crippen LogP contribution in [-0.2, 0) is 0 Å². The van der Waals surface area contributed by atoms with Crippen molar-refractivity contribution in [2.75, 3.05) is 13.1 Å². The number of benzene rings is 1. The number of carbonyl (C=O) groups is 1. The molecule has 0 unspecified atom stereocenters. The maximum atomic E-state index is 13.1. The molecule has 0 saturated heterocycles. The van der Waals surface area contributed by atoms with E-state index >= 15 is 0 Å². The monoisotopic (exact) mass is 404 g/mol. The lowest BCUT2D eigenvalue weighted by molar-refractivity contribution is 0.0943. The van der Waals surface area contributed by atoms with E-state index in [1.165, 1.54) is 6.07 Å². The molecule has 2 heterocycles. The number of nitrogens with two attached hydrogens (primary N) is 1. The van der Waals surface area contributed by atoms with Crippen molar-refractivity contribution in [3.8, 4) is 11.3 Å². The zero-order chi connectivity index (χ0) is 21.1. The summed E-state index contributed by atoms with van der Waals surface area (Å²) in [6.45, 7) is 3.28. The van der Waals surface area contributed by atoms with Crippen LogP contribution in [0.5, 0.6) is 0 Å². The second-order valence-corrected chi connectivity index (χ2v) is 8.27. The number of aromatic nitrogens is 2. The minimum absolute atomic E-state index is 0.0853. The van der Waals surface area contributed by atoms with Crippen molar-refractivity contribution in [2.45, 2.75) is 32.6 Å². The maximum Gasteiger partial charge on any atom is 0.252 e. The summed E-state index contributed by atoms with van der Waals surface area (Å²) in [4.78, 5) is 32.3. The smallest absolute Gasteiger partial charge is 0.252 e. The number of hydrogen-bond acceptors (Lipinski definition) is 4. The van der Waals surface area contributed by atoms with Crippen molar-refractivity contribution in [1.82, 2.24) is 15.3 Å². The molecular weight excluding hydrogens is 376 g/mol. The summed E-state index contributed by atoms with van der Waals surface area (Å²) < 4.78 is 0. The maximum absolute atomic E-state index is 13.1. The molecular formula is C24H28N4O2. The van der Waals surface area contributed by atoms with Gasteiger partial charge >= 0.3 is 0 Å². The van der Waals surface area contributed by atoms with E-state index in [0.717, 1.165) is 54.4 Å². The van der Waals surface area contributed by atoms with Crippen molar-refractivity contribution in [3.63, 3.8) is 0 Å². The Morgan fingerprint density at radius 1 is 1.13 bits per heavy atom. The molecule has 0 spiro atoms. The zero-order valence-corrected chi connectivity index (χ0v) is 17.3. The van der Waals surface area contributed by atoms with E-state index in [2.05, 4.69) is 10.3 Å². The molecule has 4 N–H and O–H groups in total. The van der Waals surface area contributed by atoms with Crippen LogP contribution in [0.2, 0.25) is 0 Å². The fourth-order valence-corrected chi connectivity index (χ4v) is 4.36. The number of nitrogens with zero attached hydrogens (tertiary/aromatic N) is 1. The highest BCUT2D eigenvalue weighted by Crippen LogP contribution is 2.28. The molecule has 0 radical (unpaired) electrons. The van der Waals surface area contributed by atoms with E-state index < -0.39 is 0 Å². The third-order valence-electron chi connectivity index (χ3n) is 6.20. The SMILES string of the molecule is Cc1[nH]c(=O)ccc1-c1cc(C(=O)NCC2CCC(CN)CC2)c2ccccc2n1. The van der Waals surface area contributed by atoms with E-state index in [9.17, 15) is 9.59 Å². The predicted octanol–water partition coefficient (Wildman–Crippen LogP) is 3.39. The Morgan fingerprint density at radius 2 is 1.87 bits per heavy atom. The highest BCUT2D eigenvalue weighted by molar-refractivity contribution is 6.07. The van der Waals surface area contributed by atoms with Crippen molar-refractivity contribution in [3.05, 3.63) is 64.1 Å². The van der Waals surface area contributed by atoms with Crippen molar-refractivity contribution >= 4 is 16.8 Å². The van der Waals surface area contributed by atoms with Gasteiger partial charge in [-0.25, -0.2) is 4.98 Å². The summed E-state index contributed by atoms with van der Waals surface area (Å²) in [5, 5.41) is 3.97. The van der Waals surface area contributed by atoms with Crippen LogP contribution >= 0.6 is 0 Å². The second kappa shape index (κ2) is 8.79. The Hall–Kier alpha value is -2.99. The molecule has 1 amide bonds. The first-order chi connectivity index (χ1) is 14.5. The number of nitrogens with one attached hydrogen (secondary N) is 2. The van der Waals surface area contributed by atoms with E-state index in [0.29, 0.717) is 29.6 Å². The number of rotatable bonds is 5. The molecule has 0 aliphatic heterocycles. The Balaban J connectivity index is 1.61. The van der Waals surface area contributed by atoms with Crippen LogP contribution in [0.1, 0.15) is 41.7 Å². The third kappa shape index (κ3) is 4.28. The average molecular weight is 405 g/mol. The van der Waals surface area contributed by atoms with Crippen LogP contribution in [0.15, 0.2) is 47.3 Å². The van der Waals surface area contributed by atoms with Gasteiger partial charge in [-0.2, -0.15) is 0 Å². The minimum Gasteiger partial charge on any atom is -0.352 e. The molecule has 1 aliphatic rings. The van der Waals surface area contributed by atoms with E-state index in [-0.39, 0.29) is 11.5 Å². The normalized spacial score (nSPS) is 19.0. The van der Waals surface area contributed by atoms with Gasteiger partial charge in [0.05, 0.1) is 16.8 Å². The van der Waals surface area contributed by atoms with Gasteiger partial charge in [0.25, 0.3) is 5.91 Å². The predicted molar refractivity (Wildman–Crippen MR) is 119 cm³/mol. The Morgan fingerprint density at radius 3 is 2.60 bits per heavy atom. The fraction of sp³-hybridized carbons (Fsp3) is 0.375. The number of aromatic amines is 1. The fourth-order valence-electron chi connectivity index (χ4n) is 4.36. The van der Waals surface area contributed by atoms with Gasteiger partial charge in [-0.3, -0.25) is 9.59 Å². The van der Waals surface area contributed by atoms with Gasteiger partial charge in [0.15, 0.2) is 0 Å². The van der Waals surface area contributed by atoms with Crippen LogP contribution in [0.25, 0.3) is 22.2 Å². The van der Waals surface area contributed by atoms with Gasteiger partial charge in [0.1, 0.15) is 0 Å². The molecule has 156 valence electrons. The van der Waals surface area contributed by atoms with Crippen LogP contribution in [0, 0.1) is 18.8 Å². The number of amides is 1. The summed E-state index contributed by atoms with van der Waals surface area (Å²) >= 11 is 0. The molecule has 1 aliphatic carbocycles. The Labute approximate surface area is 175 Å².